The van der Waals surface area contributed by atoms with Gasteiger partial charge in [-0.3, -0.25) is 19.8 Å². The van der Waals surface area contributed by atoms with E-state index in [2.05, 4.69) is 10.2 Å². The number of ketones is 1. The second-order valence-corrected chi connectivity index (χ2v) is 7.89. The topological polar surface area (TPSA) is 88.8 Å². The first kappa shape index (κ1) is 20.6. The summed E-state index contributed by atoms with van der Waals surface area (Å²) < 4.78 is 10.6. The molecule has 0 unspecified atom stereocenters. The fourth-order valence-electron chi connectivity index (χ4n) is 4.64. The molecule has 1 aliphatic carbocycles. The second kappa shape index (κ2) is 8.90. The number of carbonyl (C=O) groups excluding carboxylic acids is 3. The number of fused-ring (bicyclic) bond motifs is 1. The summed E-state index contributed by atoms with van der Waals surface area (Å²) in [6, 6.07) is 0. The number of nitrogens with zero attached hydrogens (tertiary/aromatic N) is 1. The monoisotopic (exact) mass is 390 g/mol. The van der Waals surface area contributed by atoms with Gasteiger partial charge < -0.3 is 9.15 Å². The Morgan fingerprint density at radius 2 is 1.86 bits per heavy atom. The second-order valence-electron chi connectivity index (χ2n) is 7.89. The van der Waals surface area contributed by atoms with E-state index < -0.39 is 5.97 Å². The van der Waals surface area contributed by atoms with Crippen LogP contribution in [0.3, 0.4) is 0 Å². The van der Waals surface area contributed by atoms with Gasteiger partial charge >= 0.3 is 5.97 Å². The molecular weight excluding hydrogens is 360 g/mol. The van der Waals surface area contributed by atoms with E-state index in [0.717, 1.165) is 25.4 Å². The van der Waals surface area contributed by atoms with Gasteiger partial charge in [-0.15, -0.1) is 0 Å². The highest BCUT2D eigenvalue weighted by Crippen LogP contribution is 2.36. The zero-order valence-corrected chi connectivity index (χ0v) is 17.0. The van der Waals surface area contributed by atoms with E-state index in [9.17, 15) is 14.4 Å². The molecule has 0 radical (unpaired) electrons. The molecule has 1 saturated heterocycles. The third-order valence-electron chi connectivity index (χ3n) is 5.91. The fraction of sp³-hybridized carbons (Fsp3) is 0.667. The van der Waals surface area contributed by atoms with Gasteiger partial charge in [0.05, 0.1) is 18.7 Å². The molecule has 1 amide bonds. The van der Waals surface area contributed by atoms with Gasteiger partial charge in [0, 0.05) is 6.54 Å². The molecule has 28 heavy (non-hydrogen) atoms. The number of nitrogens with one attached hydrogen (secondary N) is 1. The van der Waals surface area contributed by atoms with Crippen LogP contribution in [0.2, 0.25) is 0 Å². The summed E-state index contributed by atoms with van der Waals surface area (Å²) in [4.78, 5) is 39.1. The number of furan rings is 1. The third-order valence-corrected chi connectivity index (χ3v) is 5.91. The number of hydrogen-bond acceptors (Lipinski definition) is 6. The van der Waals surface area contributed by atoms with E-state index in [1.54, 1.807) is 13.8 Å². The fourth-order valence-corrected chi connectivity index (χ4v) is 4.64. The summed E-state index contributed by atoms with van der Waals surface area (Å²) in [6.45, 7) is 6.92. The van der Waals surface area contributed by atoms with Gasteiger partial charge in [0.25, 0.3) is 0 Å². The van der Waals surface area contributed by atoms with Crippen molar-refractivity contribution >= 4 is 23.5 Å². The molecule has 0 bridgehead atoms. The van der Waals surface area contributed by atoms with E-state index in [4.69, 9.17) is 9.15 Å². The summed E-state index contributed by atoms with van der Waals surface area (Å²) >= 11 is 0. The minimum absolute atomic E-state index is 0.00120. The van der Waals surface area contributed by atoms with Crippen molar-refractivity contribution in [2.45, 2.75) is 52.9 Å². The number of Topliss-reactive ketones (excluding diaryl/α,β-unsaturated/α-hetero) is 1. The van der Waals surface area contributed by atoms with Crippen molar-refractivity contribution < 1.29 is 23.5 Å². The van der Waals surface area contributed by atoms with Crippen molar-refractivity contribution in [3.05, 3.63) is 16.9 Å². The molecule has 2 aliphatic rings. The molecular formula is C21H30N2O5. The molecule has 1 saturated carbocycles. The quantitative estimate of drug-likeness (QED) is 0.591. The molecule has 1 aromatic rings. The lowest BCUT2D eigenvalue weighted by Crippen LogP contribution is -2.44. The van der Waals surface area contributed by atoms with Crippen LogP contribution in [0.15, 0.2) is 4.42 Å². The maximum absolute atomic E-state index is 12.6. The first-order valence-corrected chi connectivity index (χ1v) is 10.2. The average molecular weight is 390 g/mol. The van der Waals surface area contributed by atoms with Crippen LogP contribution in [0.5, 0.6) is 0 Å². The molecule has 0 spiro atoms. The number of amides is 1. The zero-order valence-electron chi connectivity index (χ0n) is 17.0. The smallest absolute Gasteiger partial charge is 0.344 e. The van der Waals surface area contributed by atoms with Gasteiger partial charge in [0.1, 0.15) is 11.3 Å². The largest absolute Gasteiger partial charge is 0.462 e. The third kappa shape index (κ3) is 4.46. The minimum atomic E-state index is -0.664. The summed E-state index contributed by atoms with van der Waals surface area (Å²) in [7, 11) is 0. The Balaban J connectivity index is 1.69. The molecule has 0 aromatic carbocycles. The van der Waals surface area contributed by atoms with Gasteiger partial charge in [-0.1, -0.05) is 19.3 Å². The number of aryl methyl sites for hydroxylation is 1. The summed E-state index contributed by atoms with van der Waals surface area (Å²) in [5, 5.41) is 2.68. The van der Waals surface area contributed by atoms with Crippen LogP contribution in [-0.2, 0) is 9.53 Å². The van der Waals surface area contributed by atoms with E-state index in [1.165, 1.54) is 32.6 Å². The van der Waals surface area contributed by atoms with Crippen molar-refractivity contribution in [3.8, 4) is 0 Å². The first-order valence-electron chi connectivity index (χ1n) is 10.2. The van der Waals surface area contributed by atoms with Crippen LogP contribution in [0.25, 0.3) is 0 Å². The predicted molar refractivity (Wildman–Crippen MR) is 105 cm³/mol. The van der Waals surface area contributed by atoms with Crippen molar-refractivity contribution in [1.82, 2.24) is 4.90 Å². The number of piperidine rings is 1. The van der Waals surface area contributed by atoms with Crippen molar-refractivity contribution in [3.63, 3.8) is 0 Å². The standard InChI is InChI=1S/C21H30N2O5/c1-4-27-21(26)19-18(13(2)24)14(3)28-20(19)22-17(25)12-23-10-9-15-7-5-6-8-16(15)11-23/h15-16H,4-12H2,1-3H3,(H,22,25)/t15-,16+/m0/s1. The van der Waals surface area contributed by atoms with E-state index >= 15 is 0 Å². The lowest BCUT2D eigenvalue weighted by atomic mass is 9.75. The van der Waals surface area contributed by atoms with Crippen LogP contribution in [0.4, 0.5) is 5.88 Å². The lowest BCUT2D eigenvalue weighted by Gasteiger charge is -2.41. The molecule has 2 fully saturated rings. The highest BCUT2D eigenvalue weighted by Gasteiger charge is 2.33. The van der Waals surface area contributed by atoms with Crippen molar-refractivity contribution in [2.24, 2.45) is 11.8 Å². The summed E-state index contributed by atoms with van der Waals surface area (Å²) in [5.74, 6) is 0.568. The number of likely N-dealkylation sites (tertiary alicyclic amines) is 1. The number of anilines is 1. The first-order chi connectivity index (χ1) is 13.4. The Bertz CT molecular complexity index is 754. The van der Waals surface area contributed by atoms with Crippen molar-refractivity contribution in [2.75, 3.05) is 31.6 Å². The Labute approximate surface area is 165 Å². The minimum Gasteiger partial charge on any atom is -0.462 e. The van der Waals surface area contributed by atoms with Crippen LogP contribution in [-0.4, -0.2) is 48.8 Å². The molecule has 2 heterocycles. The Kier molecular flexibility index (Phi) is 6.54. The molecule has 154 valence electrons. The highest BCUT2D eigenvalue weighted by molar-refractivity contribution is 6.10. The summed E-state index contributed by atoms with van der Waals surface area (Å²) in [5.41, 5.74) is 0.169. The van der Waals surface area contributed by atoms with E-state index in [-0.39, 0.29) is 41.9 Å². The van der Waals surface area contributed by atoms with Gasteiger partial charge in [0.2, 0.25) is 11.8 Å². The molecule has 7 heteroatoms. The highest BCUT2D eigenvalue weighted by atomic mass is 16.5. The molecule has 2 atom stereocenters. The van der Waals surface area contributed by atoms with E-state index in [1.807, 2.05) is 0 Å². The van der Waals surface area contributed by atoms with Crippen LogP contribution in [0.1, 0.15) is 72.4 Å². The average Bonchev–Trinajstić information content (AvgIpc) is 2.97. The Morgan fingerprint density at radius 3 is 2.54 bits per heavy atom. The van der Waals surface area contributed by atoms with Crippen molar-refractivity contribution in [1.29, 1.82) is 0 Å². The number of rotatable bonds is 6. The van der Waals surface area contributed by atoms with Gasteiger partial charge in [-0.05, 0) is 52.0 Å². The molecule has 1 aliphatic heterocycles. The van der Waals surface area contributed by atoms with Crippen LogP contribution in [0, 0.1) is 18.8 Å². The van der Waals surface area contributed by atoms with Gasteiger partial charge in [0.15, 0.2) is 5.78 Å². The molecule has 1 N–H and O–H groups in total. The lowest BCUT2D eigenvalue weighted by molar-refractivity contribution is -0.118. The predicted octanol–water partition coefficient (Wildman–Crippen LogP) is 3.42. The number of esters is 1. The SMILES string of the molecule is CCOC(=O)c1c(NC(=O)CN2CC[C@@H]3CCCC[C@@H]3C2)oc(C)c1C(C)=O. The Morgan fingerprint density at radius 1 is 1.14 bits per heavy atom. The maximum atomic E-state index is 12.6. The number of carbonyl (C=O) groups is 3. The molecule has 3 rings (SSSR count). The molecule has 7 nitrogen and oxygen atoms in total. The summed E-state index contributed by atoms with van der Waals surface area (Å²) in [6.07, 6.45) is 6.31. The number of ether oxygens (including phenoxy) is 1. The Hall–Kier alpha value is -2.15. The normalized spacial score (nSPS) is 22.4. The van der Waals surface area contributed by atoms with Gasteiger partial charge in [-0.25, -0.2) is 4.79 Å². The van der Waals surface area contributed by atoms with Crippen LogP contribution < -0.4 is 5.32 Å². The van der Waals surface area contributed by atoms with Gasteiger partial charge in [-0.2, -0.15) is 0 Å². The molecule has 1 aromatic heterocycles. The zero-order chi connectivity index (χ0) is 20.3. The van der Waals surface area contributed by atoms with Crippen LogP contribution >= 0.6 is 0 Å². The number of hydrogen-bond donors (Lipinski definition) is 1. The maximum Gasteiger partial charge on any atom is 0.344 e. The van der Waals surface area contributed by atoms with E-state index in [0.29, 0.717) is 11.7 Å².